The molecule has 1 saturated heterocycles. The standard InChI is InChI=1S/C30H34N2O4/c1-34-27-20-26(21-28(35-2)30(27)36-22-25-11-7-4-8-12-25)13-14-29(33)31-32-17-15-24(16-18-32)19-23-9-5-3-6-10-23/h3-14,20-21,24H,15-19,22H2,1-2H3,(H,31,33). The molecule has 0 aliphatic carbocycles. The van der Waals surface area contributed by atoms with E-state index in [4.69, 9.17) is 14.2 Å². The third-order valence-corrected chi connectivity index (χ3v) is 6.39. The smallest absolute Gasteiger partial charge is 0.258 e. The Morgan fingerprint density at radius 2 is 1.50 bits per heavy atom. The second-order valence-corrected chi connectivity index (χ2v) is 8.96. The molecule has 0 atom stereocenters. The first-order valence-corrected chi connectivity index (χ1v) is 12.3. The average molecular weight is 487 g/mol. The summed E-state index contributed by atoms with van der Waals surface area (Å²) in [5, 5.41) is 2.01. The van der Waals surface area contributed by atoms with Crippen LogP contribution in [0.25, 0.3) is 6.08 Å². The first-order chi connectivity index (χ1) is 17.6. The van der Waals surface area contributed by atoms with Crippen molar-refractivity contribution in [3.8, 4) is 17.2 Å². The minimum absolute atomic E-state index is 0.154. The summed E-state index contributed by atoms with van der Waals surface area (Å²) < 4.78 is 17.1. The normalized spacial score (nSPS) is 14.5. The molecule has 1 aliphatic heterocycles. The highest BCUT2D eigenvalue weighted by molar-refractivity contribution is 5.91. The molecule has 6 heteroatoms. The average Bonchev–Trinajstić information content (AvgIpc) is 2.92. The van der Waals surface area contributed by atoms with Gasteiger partial charge in [0.05, 0.1) is 14.2 Å². The van der Waals surface area contributed by atoms with Crippen molar-refractivity contribution in [1.29, 1.82) is 0 Å². The summed E-state index contributed by atoms with van der Waals surface area (Å²) in [7, 11) is 3.18. The fourth-order valence-electron chi connectivity index (χ4n) is 4.43. The number of rotatable bonds is 10. The maximum atomic E-state index is 12.6. The van der Waals surface area contributed by atoms with E-state index in [1.54, 1.807) is 20.3 Å². The molecule has 3 aromatic carbocycles. The van der Waals surface area contributed by atoms with Crippen molar-refractivity contribution in [3.05, 3.63) is 95.6 Å². The fourth-order valence-corrected chi connectivity index (χ4v) is 4.43. The summed E-state index contributed by atoms with van der Waals surface area (Å²) >= 11 is 0. The van der Waals surface area contributed by atoms with Gasteiger partial charge in [0.2, 0.25) is 5.75 Å². The Bertz CT molecular complexity index is 1120. The number of methoxy groups -OCH3 is 2. The largest absolute Gasteiger partial charge is 0.493 e. The molecule has 0 bridgehead atoms. The quantitative estimate of drug-likeness (QED) is 0.395. The molecule has 1 heterocycles. The van der Waals surface area contributed by atoms with Gasteiger partial charge in [-0.2, -0.15) is 0 Å². The number of hydrogen-bond acceptors (Lipinski definition) is 5. The predicted molar refractivity (Wildman–Crippen MR) is 142 cm³/mol. The lowest BCUT2D eigenvalue weighted by Crippen LogP contribution is -2.46. The zero-order chi connectivity index (χ0) is 25.2. The molecule has 0 radical (unpaired) electrons. The van der Waals surface area contributed by atoms with Gasteiger partial charge >= 0.3 is 0 Å². The first-order valence-electron chi connectivity index (χ1n) is 12.3. The lowest BCUT2D eigenvalue weighted by Gasteiger charge is -2.31. The van der Waals surface area contributed by atoms with E-state index in [1.807, 2.05) is 47.5 Å². The van der Waals surface area contributed by atoms with Crippen LogP contribution in [0, 0.1) is 5.92 Å². The number of nitrogens with zero attached hydrogens (tertiary/aromatic N) is 1. The van der Waals surface area contributed by atoms with Gasteiger partial charge in [-0.05, 0) is 60.1 Å². The molecular formula is C30H34N2O4. The maximum absolute atomic E-state index is 12.6. The molecule has 36 heavy (non-hydrogen) atoms. The van der Waals surface area contributed by atoms with E-state index in [1.165, 1.54) is 11.6 Å². The summed E-state index contributed by atoms with van der Waals surface area (Å²) in [5.74, 6) is 2.12. The molecule has 1 fully saturated rings. The van der Waals surface area contributed by atoms with E-state index >= 15 is 0 Å². The Labute approximate surface area is 213 Å². The maximum Gasteiger partial charge on any atom is 0.258 e. The van der Waals surface area contributed by atoms with Gasteiger partial charge in [0.15, 0.2) is 11.5 Å². The van der Waals surface area contributed by atoms with Gasteiger partial charge < -0.3 is 14.2 Å². The van der Waals surface area contributed by atoms with Crippen LogP contribution in [0.4, 0.5) is 0 Å². The number of nitrogens with one attached hydrogen (secondary N) is 1. The molecular weight excluding hydrogens is 452 g/mol. The van der Waals surface area contributed by atoms with Crippen LogP contribution in [-0.4, -0.2) is 38.2 Å². The zero-order valence-electron chi connectivity index (χ0n) is 21.0. The van der Waals surface area contributed by atoms with Crippen LogP contribution < -0.4 is 19.6 Å². The molecule has 3 aromatic rings. The van der Waals surface area contributed by atoms with Crippen LogP contribution in [0.15, 0.2) is 78.9 Å². The molecule has 6 nitrogen and oxygen atoms in total. The second kappa shape index (κ2) is 12.8. The SMILES string of the molecule is COc1cc(C=CC(=O)NN2CCC(Cc3ccccc3)CC2)cc(OC)c1OCc1ccccc1. The Morgan fingerprint density at radius 3 is 2.08 bits per heavy atom. The number of piperidine rings is 1. The van der Waals surface area contributed by atoms with Gasteiger partial charge in [0, 0.05) is 19.2 Å². The number of carbonyl (C=O) groups is 1. The molecule has 0 aromatic heterocycles. The number of hydrogen-bond donors (Lipinski definition) is 1. The Morgan fingerprint density at radius 1 is 0.917 bits per heavy atom. The summed E-state index contributed by atoms with van der Waals surface area (Å²) in [6.07, 6.45) is 6.52. The zero-order valence-corrected chi connectivity index (χ0v) is 21.0. The summed E-state index contributed by atoms with van der Waals surface area (Å²) in [5.41, 5.74) is 6.21. The predicted octanol–water partition coefficient (Wildman–Crippen LogP) is 5.28. The van der Waals surface area contributed by atoms with E-state index in [-0.39, 0.29) is 5.91 Å². The van der Waals surface area contributed by atoms with Gasteiger partial charge in [-0.25, -0.2) is 5.01 Å². The highest BCUT2D eigenvalue weighted by Crippen LogP contribution is 2.39. The molecule has 0 spiro atoms. The second-order valence-electron chi connectivity index (χ2n) is 8.96. The van der Waals surface area contributed by atoms with Gasteiger partial charge in [-0.1, -0.05) is 60.7 Å². The number of amides is 1. The van der Waals surface area contributed by atoms with Gasteiger partial charge in [0.25, 0.3) is 5.91 Å². The highest BCUT2D eigenvalue weighted by atomic mass is 16.5. The third-order valence-electron chi connectivity index (χ3n) is 6.39. The number of hydrazine groups is 1. The summed E-state index contributed by atoms with van der Waals surface area (Å²) in [6.45, 7) is 2.10. The van der Waals surface area contributed by atoms with E-state index in [0.717, 1.165) is 43.5 Å². The van der Waals surface area contributed by atoms with Gasteiger partial charge in [-0.15, -0.1) is 0 Å². The number of benzene rings is 3. The van der Waals surface area contributed by atoms with Crippen molar-refractivity contribution >= 4 is 12.0 Å². The van der Waals surface area contributed by atoms with Crippen molar-refractivity contribution in [1.82, 2.24) is 10.4 Å². The van der Waals surface area contributed by atoms with Crippen LogP contribution >= 0.6 is 0 Å². The molecule has 1 amide bonds. The summed E-state index contributed by atoms with van der Waals surface area (Å²) in [4.78, 5) is 12.6. The molecule has 1 N–H and O–H groups in total. The Kier molecular flexibility index (Phi) is 9.00. The topological polar surface area (TPSA) is 60.0 Å². The Balaban J connectivity index is 1.31. The van der Waals surface area contributed by atoms with Crippen molar-refractivity contribution in [2.24, 2.45) is 5.92 Å². The van der Waals surface area contributed by atoms with Crippen LogP contribution in [0.1, 0.15) is 29.5 Å². The minimum Gasteiger partial charge on any atom is -0.493 e. The lowest BCUT2D eigenvalue weighted by atomic mass is 9.91. The highest BCUT2D eigenvalue weighted by Gasteiger charge is 2.20. The van der Waals surface area contributed by atoms with Crippen molar-refractivity contribution in [2.45, 2.75) is 25.9 Å². The van der Waals surface area contributed by atoms with Crippen LogP contribution in [0.2, 0.25) is 0 Å². The monoisotopic (exact) mass is 486 g/mol. The van der Waals surface area contributed by atoms with Crippen molar-refractivity contribution in [3.63, 3.8) is 0 Å². The van der Waals surface area contributed by atoms with E-state index in [0.29, 0.717) is 29.8 Å². The fraction of sp³-hybridized carbons (Fsp3) is 0.300. The van der Waals surface area contributed by atoms with Crippen LogP contribution in [0.5, 0.6) is 17.2 Å². The molecule has 0 unspecified atom stereocenters. The Hall–Kier alpha value is -3.77. The van der Waals surface area contributed by atoms with Crippen LogP contribution in [-0.2, 0) is 17.8 Å². The van der Waals surface area contributed by atoms with E-state index in [2.05, 4.69) is 35.8 Å². The number of ether oxygens (including phenoxy) is 3. The van der Waals surface area contributed by atoms with E-state index < -0.39 is 0 Å². The van der Waals surface area contributed by atoms with Crippen molar-refractivity contribution < 1.29 is 19.0 Å². The molecule has 4 rings (SSSR count). The third kappa shape index (κ3) is 7.12. The van der Waals surface area contributed by atoms with Gasteiger partial charge in [-0.3, -0.25) is 10.2 Å². The van der Waals surface area contributed by atoms with E-state index in [9.17, 15) is 4.79 Å². The van der Waals surface area contributed by atoms with Gasteiger partial charge in [0.1, 0.15) is 6.61 Å². The first kappa shape index (κ1) is 25.3. The minimum atomic E-state index is -0.154. The molecule has 1 aliphatic rings. The van der Waals surface area contributed by atoms with Crippen LogP contribution in [0.3, 0.4) is 0 Å². The molecule has 188 valence electrons. The number of carbonyl (C=O) groups excluding carboxylic acids is 1. The van der Waals surface area contributed by atoms with Crippen molar-refractivity contribution in [2.75, 3.05) is 27.3 Å². The molecule has 0 saturated carbocycles. The lowest BCUT2D eigenvalue weighted by molar-refractivity contribution is -0.121. The summed E-state index contributed by atoms with van der Waals surface area (Å²) in [6, 6.07) is 24.2.